The highest BCUT2D eigenvalue weighted by molar-refractivity contribution is 5.44. The number of aliphatic hydroxyl groups is 1. The van der Waals surface area contributed by atoms with Crippen LogP contribution in [0.3, 0.4) is 0 Å². The van der Waals surface area contributed by atoms with E-state index in [0.717, 1.165) is 6.07 Å². The lowest BCUT2D eigenvalue weighted by molar-refractivity contribution is -0.141. The molecule has 1 aromatic rings. The quantitative estimate of drug-likeness (QED) is 0.865. The fourth-order valence-electron chi connectivity index (χ4n) is 2.23. The Hall–Kier alpha value is -1.61. The van der Waals surface area contributed by atoms with Crippen LogP contribution in [0.1, 0.15) is 18.5 Å². The van der Waals surface area contributed by atoms with Crippen molar-refractivity contribution >= 4 is 11.8 Å². The summed E-state index contributed by atoms with van der Waals surface area (Å²) in [4.78, 5) is 8.82. The number of hydrogen-bond donors (Lipinski definition) is 2. The topological polar surface area (TPSA) is 84.5 Å². The molecule has 1 aromatic heterocycles. The van der Waals surface area contributed by atoms with Gasteiger partial charge < -0.3 is 20.5 Å². The van der Waals surface area contributed by atoms with Gasteiger partial charge in [0.15, 0.2) is 5.69 Å². The summed E-state index contributed by atoms with van der Waals surface area (Å²) in [6.45, 7) is 1.26. The van der Waals surface area contributed by atoms with Gasteiger partial charge in [-0.05, 0) is 12.8 Å². The van der Waals surface area contributed by atoms with Crippen molar-refractivity contribution in [3.05, 3.63) is 11.8 Å². The number of ether oxygens (including phenoxy) is 1. The summed E-state index contributed by atoms with van der Waals surface area (Å²) in [5.74, 6) is -0.214. The highest BCUT2D eigenvalue weighted by atomic mass is 19.4. The van der Waals surface area contributed by atoms with E-state index in [4.69, 9.17) is 15.6 Å². The van der Waals surface area contributed by atoms with Crippen LogP contribution in [0.25, 0.3) is 0 Å². The molecule has 0 spiro atoms. The van der Waals surface area contributed by atoms with Crippen LogP contribution in [-0.2, 0) is 10.9 Å². The van der Waals surface area contributed by atoms with Crippen LogP contribution in [0.5, 0.6) is 0 Å². The van der Waals surface area contributed by atoms with E-state index in [1.54, 1.807) is 4.90 Å². The molecule has 6 nitrogen and oxygen atoms in total. The summed E-state index contributed by atoms with van der Waals surface area (Å²) in [6.07, 6.45) is -3.22. The molecule has 2 rings (SSSR count). The van der Waals surface area contributed by atoms with Gasteiger partial charge in [0.05, 0.1) is 19.3 Å². The Kier molecular flexibility index (Phi) is 4.84. The minimum Gasteiger partial charge on any atom is -0.394 e. The summed E-state index contributed by atoms with van der Waals surface area (Å²) in [5.41, 5.74) is 4.32. The molecule has 0 aliphatic carbocycles. The molecule has 1 saturated heterocycles. The van der Waals surface area contributed by atoms with Crippen LogP contribution < -0.4 is 10.6 Å². The van der Waals surface area contributed by atoms with Gasteiger partial charge in [-0.25, -0.2) is 4.98 Å². The molecular weight excluding hydrogens is 289 g/mol. The number of hydrogen-bond acceptors (Lipinski definition) is 6. The van der Waals surface area contributed by atoms with Crippen LogP contribution in [0.15, 0.2) is 6.07 Å². The molecule has 1 fully saturated rings. The van der Waals surface area contributed by atoms with Gasteiger partial charge in [0, 0.05) is 19.2 Å². The number of nitrogens with zero attached hydrogens (tertiary/aromatic N) is 3. The predicted molar refractivity (Wildman–Crippen MR) is 69.7 cm³/mol. The standard InChI is InChI=1S/C12H17F3N4O2/c13-12(14,15)9-7-10(18-11(16)17-9)19-3-1-8(2-4-19)21-6-5-20/h7-8,20H,1-6H2,(H2,16,17,18). The molecule has 0 radical (unpaired) electrons. The number of halogens is 3. The SMILES string of the molecule is Nc1nc(N2CCC(OCCO)CC2)cc(C(F)(F)F)n1. The molecule has 9 heteroatoms. The van der Waals surface area contributed by atoms with Crippen molar-refractivity contribution in [2.24, 2.45) is 0 Å². The molecule has 1 aliphatic rings. The molecule has 0 unspecified atom stereocenters. The highest BCUT2D eigenvalue weighted by Gasteiger charge is 2.34. The predicted octanol–water partition coefficient (Wildman–Crippen LogP) is 1.06. The third kappa shape index (κ3) is 4.18. The van der Waals surface area contributed by atoms with Gasteiger partial charge in [0.1, 0.15) is 5.82 Å². The van der Waals surface area contributed by atoms with E-state index in [1.807, 2.05) is 0 Å². The summed E-state index contributed by atoms with van der Waals surface area (Å²) < 4.78 is 43.5. The number of anilines is 2. The maximum atomic E-state index is 12.7. The Morgan fingerprint density at radius 2 is 2.00 bits per heavy atom. The number of piperidine rings is 1. The highest BCUT2D eigenvalue weighted by Crippen LogP contribution is 2.31. The zero-order valence-electron chi connectivity index (χ0n) is 11.3. The van der Waals surface area contributed by atoms with Crippen molar-refractivity contribution in [1.29, 1.82) is 0 Å². The molecule has 1 aliphatic heterocycles. The molecule has 0 bridgehead atoms. The van der Waals surface area contributed by atoms with Gasteiger partial charge in [0.2, 0.25) is 5.95 Å². The summed E-state index contributed by atoms with van der Waals surface area (Å²) >= 11 is 0. The Bertz CT molecular complexity index is 476. The van der Waals surface area contributed by atoms with Crippen molar-refractivity contribution in [2.45, 2.75) is 25.1 Å². The van der Waals surface area contributed by atoms with E-state index < -0.39 is 17.8 Å². The zero-order valence-corrected chi connectivity index (χ0v) is 11.3. The second-order valence-electron chi connectivity index (χ2n) is 4.75. The summed E-state index contributed by atoms with van der Waals surface area (Å²) in [5, 5.41) is 8.69. The van der Waals surface area contributed by atoms with Gasteiger partial charge in [-0.3, -0.25) is 0 Å². The van der Waals surface area contributed by atoms with Crippen molar-refractivity contribution in [3.63, 3.8) is 0 Å². The minimum atomic E-state index is -4.55. The Labute approximate surface area is 119 Å². The van der Waals surface area contributed by atoms with Crippen molar-refractivity contribution in [2.75, 3.05) is 36.9 Å². The summed E-state index contributed by atoms with van der Waals surface area (Å²) in [7, 11) is 0. The monoisotopic (exact) mass is 306 g/mol. The molecular formula is C12H17F3N4O2. The first kappa shape index (κ1) is 15.8. The largest absolute Gasteiger partial charge is 0.433 e. The van der Waals surface area contributed by atoms with Crippen LogP contribution in [0, 0.1) is 0 Å². The average Bonchev–Trinajstić information content (AvgIpc) is 2.44. The first-order valence-corrected chi connectivity index (χ1v) is 6.59. The maximum Gasteiger partial charge on any atom is 0.433 e. The molecule has 0 amide bonds. The smallest absolute Gasteiger partial charge is 0.394 e. The van der Waals surface area contributed by atoms with Gasteiger partial charge in [-0.1, -0.05) is 0 Å². The second-order valence-corrected chi connectivity index (χ2v) is 4.75. The third-order valence-electron chi connectivity index (χ3n) is 3.23. The Morgan fingerprint density at radius 1 is 1.33 bits per heavy atom. The lowest BCUT2D eigenvalue weighted by Crippen LogP contribution is -2.38. The number of aromatic nitrogens is 2. The van der Waals surface area contributed by atoms with Crippen molar-refractivity contribution < 1.29 is 23.0 Å². The Balaban J connectivity index is 2.05. The van der Waals surface area contributed by atoms with Crippen LogP contribution >= 0.6 is 0 Å². The molecule has 3 N–H and O–H groups in total. The van der Waals surface area contributed by atoms with Crippen LogP contribution in [0.2, 0.25) is 0 Å². The van der Waals surface area contributed by atoms with Gasteiger partial charge >= 0.3 is 6.18 Å². The van der Waals surface area contributed by atoms with E-state index >= 15 is 0 Å². The number of nitrogen functional groups attached to an aromatic ring is 1. The summed E-state index contributed by atoms with van der Waals surface area (Å²) in [6, 6.07) is 0.908. The number of rotatable bonds is 4. The molecule has 21 heavy (non-hydrogen) atoms. The molecule has 0 atom stereocenters. The third-order valence-corrected chi connectivity index (χ3v) is 3.23. The first-order valence-electron chi connectivity index (χ1n) is 6.59. The van der Waals surface area contributed by atoms with E-state index in [-0.39, 0.29) is 25.1 Å². The number of aliphatic hydroxyl groups excluding tert-OH is 1. The van der Waals surface area contributed by atoms with Crippen LogP contribution in [-0.4, -0.2) is 47.5 Å². The second kappa shape index (κ2) is 6.44. The van der Waals surface area contributed by atoms with E-state index in [0.29, 0.717) is 25.9 Å². The lowest BCUT2D eigenvalue weighted by atomic mass is 10.1. The lowest BCUT2D eigenvalue weighted by Gasteiger charge is -2.32. The van der Waals surface area contributed by atoms with E-state index in [9.17, 15) is 13.2 Å². The maximum absolute atomic E-state index is 12.7. The number of nitrogens with two attached hydrogens (primary N) is 1. The molecule has 2 heterocycles. The van der Waals surface area contributed by atoms with Crippen molar-refractivity contribution in [1.82, 2.24) is 9.97 Å². The van der Waals surface area contributed by atoms with Crippen molar-refractivity contribution in [3.8, 4) is 0 Å². The Morgan fingerprint density at radius 3 is 2.57 bits per heavy atom. The van der Waals surface area contributed by atoms with Gasteiger partial charge in [-0.2, -0.15) is 18.2 Å². The zero-order chi connectivity index (χ0) is 15.5. The molecule has 0 saturated carbocycles. The molecule has 0 aromatic carbocycles. The fourth-order valence-corrected chi connectivity index (χ4v) is 2.23. The number of alkyl halides is 3. The van der Waals surface area contributed by atoms with E-state index in [1.165, 1.54) is 0 Å². The average molecular weight is 306 g/mol. The van der Waals surface area contributed by atoms with E-state index in [2.05, 4.69) is 9.97 Å². The van der Waals surface area contributed by atoms with Gasteiger partial charge in [0.25, 0.3) is 0 Å². The first-order chi connectivity index (χ1) is 9.90. The molecule has 118 valence electrons. The normalized spacial score (nSPS) is 17.2. The fraction of sp³-hybridized carbons (Fsp3) is 0.667. The minimum absolute atomic E-state index is 0.00895. The van der Waals surface area contributed by atoms with Crippen LogP contribution in [0.4, 0.5) is 24.9 Å². The van der Waals surface area contributed by atoms with Gasteiger partial charge in [-0.15, -0.1) is 0 Å².